The smallest absolute Gasteiger partial charge is 0.318 e. The Labute approximate surface area is 95.3 Å². The van der Waals surface area contributed by atoms with Crippen molar-refractivity contribution in [1.29, 1.82) is 0 Å². The molecule has 16 heavy (non-hydrogen) atoms. The minimum Gasteiger partial charge on any atom is -0.481 e. The molecule has 1 rings (SSSR count). The van der Waals surface area contributed by atoms with Crippen LogP contribution in [0.4, 0.5) is 4.39 Å². The molecule has 2 N–H and O–H groups in total. The van der Waals surface area contributed by atoms with Crippen LogP contribution in [-0.4, -0.2) is 22.2 Å². The van der Waals surface area contributed by atoms with Crippen molar-refractivity contribution in [2.24, 2.45) is 5.92 Å². The lowest BCUT2D eigenvalue weighted by atomic mass is 9.99. The summed E-state index contributed by atoms with van der Waals surface area (Å²) in [5.74, 6) is -5.36. The van der Waals surface area contributed by atoms with Crippen molar-refractivity contribution in [3.63, 3.8) is 0 Å². The molecule has 1 aromatic carbocycles. The van der Waals surface area contributed by atoms with E-state index >= 15 is 0 Å². The maximum atomic E-state index is 13.3. The number of benzene rings is 1. The van der Waals surface area contributed by atoms with Crippen LogP contribution in [-0.2, 0) is 16.0 Å². The van der Waals surface area contributed by atoms with Crippen molar-refractivity contribution in [2.75, 3.05) is 0 Å². The van der Waals surface area contributed by atoms with Gasteiger partial charge in [0.05, 0.1) is 0 Å². The molecular weight excluding hydrogens is 239 g/mol. The van der Waals surface area contributed by atoms with E-state index in [0.717, 1.165) is 6.07 Å². The van der Waals surface area contributed by atoms with Gasteiger partial charge in [-0.3, -0.25) is 9.59 Å². The summed E-state index contributed by atoms with van der Waals surface area (Å²) in [6, 6.07) is 3.66. The van der Waals surface area contributed by atoms with E-state index in [4.69, 9.17) is 21.8 Å². The minimum absolute atomic E-state index is 0.0131. The largest absolute Gasteiger partial charge is 0.481 e. The zero-order valence-corrected chi connectivity index (χ0v) is 8.74. The number of hydrogen-bond acceptors (Lipinski definition) is 2. The highest BCUT2D eigenvalue weighted by Crippen LogP contribution is 2.18. The second-order valence-corrected chi connectivity index (χ2v) is 3.61. The second kappa shape index (κ2) is 4.94. The SMILES string of the molecule is O=C(O)C(Cc1ccc(Cl)cc1F)C(=O)O. The van der Waals surface area contributed by atoms with Crippen LogP contribution in [0.3, 0.4) is 0 Å². The van der Waals surface area contributed by atoms with Gasteiger partial charge in [-0.1, -0.05) is 17.7 Å². The molecule has 0 aliphatic heterocycles. The van der Waals surface area contributed by atoms with E-state index in [-0.39, 0.29) is 10.6 Å². The molecule has 0 radical (unpaired) electrons. The third-order valence-corrected chi connectivity index (χ3v) is 2.27. The molecule has 0 amide bonds. The fraction of sp³-hybridized carbons (Fsp3) is 0.200. The average Bonchev–Trinajstić information content (AvgIpc) is 2.15. The number of carboxylic acids is 2. The van der Waals surface area contributed by atoms with E-state index in [1.807, 2.05) is 0 Å². The molecule has 0 saturated heterocycles. The van der Waals surface area contributed by atoms with E-state index < -0.39 is 30.1 Å². The predicted molar refractivity (Wildman–Crippen MR) is 53.9 cm³/mol. The van der Waals surface area contributed by atoms with Gasteiger partial charge in [-0.2, -0.15) is 0 Å². The van der Waals surface area contributed by atoms with E-state index in [0.29, 0.717) is 0 Å². The average molecular weight is 247 g/mol. The van der Waals surface area contributed by atoms with E-state index in [1.165, 1.54) is 12.1 Å². The molecule has 0 unspecified atom stereocenters. The predicted octanol–water partition coefficient (Wildman–Crippen LogP) is 1.81. The van der Waals surface area contributed by atoms with Gasteiger partial charge in [-0.05, 0) is 24.1 Å². The highest BCUT2D eigenvalue weighted by molar-refractivity contribution is 6.30. The van der Waals surface area contributed by atoms with Crippen LogP contribution < -0.4 is 0 Å². The lowest BCUT2D eigenvalue weighted by Crippen LogP contribution is -2.25. The van der Waals surface area contributed by atoms with E-state index in [2.05, 4.69) is 0 Å². The number of hydrogen-bond donors (Lipinski definition) is 2. The Kier molecular flexibility index (Phi) is 3.84. The molecule has 0 spiro atoms. The summed E-state index contributed by atoms with van der Waals surface area (Å²) in [5.41, 5.74) is 0.0131. The molecule has 6 heteroatoms. The summed E-state index contributed by atoms with van der Waals surface area (Å²) in [5, 5.41) is 17.4. The quantitative estimate of drug-likeness (QED) is 0.795. The molecule has 0 saturated carbocycles. The number of carbonyl (C=O) groups is 2. The first-order valence-corrected chi connectivity index (χ1v) is 4.69. The molecule has 0 heterocycles. The summed E-state index contributed by atoms with van der Waals surface area (Å²) in [4.78, 5) is 21.2. The number of rotatable bonds is 4. The fourth-order valence-electron chi connectivity index (χ4n) is 1.19. The van der Waals surface area contributed by atoms with Gasteiger partial charge in [0.1, 0.15) is 5.82 Å². The van der Waals surface area contributed by atoms with Crippen molar-refractivity contribution in [1.82, 2.24) is 0 Å². The molecule has 0 aliphatic carbocycles. The lowest BCUT2D eigenvalue weighted by Gasteiger charge is -2.08. The van der Waals surface area contributed by atoms with Crippen LogP contribution in [0.25, 0.3) is 0 Å². The van der Waals surface area contributed by atoms with Crippen LogP contribution >= 0.6 is 11.6 Å². The van der Waals surface area contributed by atoms with Crippen LogP contribution in [0, 0.1) is 11.7 Å². The topological polar surface area (TPSA) is 74.6 Å². The van der Waals surface area contributed by atoms with E-state index in [9.17, 15) is 14.0 Å². The first-order valence-electron chi connectivity index (χ1n) is 4.31. The third kappa shape index (κ3) is 2.93. The van der Waals surface area contributed by atoms with Crippen LogP contribution in [0.1, 0.15) is 5.56 Å². The molecule has 0 fully saturated rings. The Morgan fingerprint density at radius 2 is 1.88 bits per heavy atom. The van der Waals surface area contributed by atoms with Crippen molar-refractivity contribution >= 4 is 23.5 Å². The molecule has 0 atom stereocenters. The molecule has 0 aromatic heterocycles. The summed E-state index contributed by atoms with van der Waals surface area (Å²) in [6.45, 7) is 0. The second-order valence-electron chi connectivity index (χ2n) is 3.17. The molecule has 86 valence electrons. The molecule has 0 bridgehead atoms. The van der Waals surface area contributed by atoms with Gasteiger partial charge in [-0.15, -0.1) is 0 Å². The lowest BCUT2D eigenvalue weighted by molar-refractivity contribution is -0.154. The maximum Gasteiger partial charge on any atom is 0.318 e. The van der Waals surface area contributed by atoms with Crippen LogP contribution in [0.15, 0.2) is 18.2 Å². The summed E-state index contributed by atoms with van der Waals surface area (Å²) >= 11 is 5.51. The maximum absolute atomic E-state index is 13.3. The normalized spacial score (nSPS) is 10.4. The summed E-state index contributed by atoms with van der Waals surface area (Å²) in [6.07, 6.45) is -0.409. The molecule has 4 nitrogen and oxygen atoms in total. The monoisotopic (exact) mass is 246 g/mol. The van der Waals surface area contributed by atoms with Gasteiger partial charge in [0.25, 0.3) is 0 Å². The van der Waals surface area contributed by atoms with Gasteiger partial charge in [0, 0.05) is 5.02 Å². The Balaban J connectivity index is 2.94. The van der Waals surface area contributed by atoms with Gasteiger partial charge < -0.3 is 10.2 Å². The Morgan fingerprint density at radius 3 is 2.31 bits per heavy atom. The minimum atomic E-state index is -1.66. The summed E-state index contributed by atoms with van der Waals surface area (Å²) in [7, 11) is 0. The van der Waals surface area contributed by atoms with Gasteiger partial charge in [-0.25, -0.2) is 4.39 Å². The zero-order chi connectivity index (χ0) is 12.3. The zero-order valence-electron chi connectivity index (χ0n) is 7.98. The van der Waals surface area contributed by atoms with E-state index in [1.54, 1.807) is 0 Å². The Hall–Kier alpha value is -1.62. The van der Waals surface area contributed by atoms with Crippen molar-refractivity contribution in [3.05, 3.63) is 34.6 Å². The van der Waals surface area contributed by atoms with Gasteiger partial charge in [0.15, 0.2) is 5.92 Å². The highest BCUT2D eigenvalue weighted by atomic mass is 35.5. The number of carboxylic acid groups (broad SMARTS) is 2. The first kappa shape index (κ1) is 12.4. The van der Waals surface area contributed by atoms with Crippen LogP contribution in [0.2, 0.25) is 5.02 Å². The van der Waals surface area contributed by atoms with Crippen molar-refractivity contribution in [3.8, 4) is 0 Å². The fourth-order valence-corrected chi connectivity index (χ4v) is 1.35. The highest BCUT2D eigenvalue weighted by Gasteiger charge is 2.27. The third-order valence-electron chi connectivity index (χ3n) is 2.04. The number of halogens is 2. The van der Waals surface area contributed by atoms with Gasteiger partial charge >= 0.3 is 11.9 Å². The molecule has 1 aromatic rings. The molecule has 0 aliphatic rings. The summed E-state index contributed by atoms with van der Waals surface area (Å²) < 4.78 is 13.3. The standard InChI is InChI=1S/C10H8ClFO4/c11-6-2-1-5(8(12)4-6)3-7(9(13)14)10(15)16/h1-2,4,7H,3H2,(H,13,14)(H,15,16). The van der Waals surface area contributed by atoms with Crippen molar-refractivity contribution < 1.29 is 24.2 Å². The Bertz CT molecular complexity index is 419. The Morgan fingerprint density at radius 1 is 1.31 bits per heavy atom. The number of aliphatic carboxylic acids is 2. The van der Waals surface area contributed by atoms with Crippen LogP contribution in [0.5, 0.6) is 0 Å². The first-order chi connectivity index (χ1) is 7.41. The molecular formula is C10H8ClFO4. The van der Waals surface area contributed by atoms with Gasteiger partial charge in [0.2, 0.25) is 0 Å². The van der Waals surface area contributed by atoms with Crippen molar-refractivity contribution in [2.45, 2.75) is 6.42 Å².